The first kappa shape index (κ1) is 33.9. The second-order valence-corrected chi connectivity index (χ2v) is 18.2. The largest absolute Gasteiger partial charge is 0.456 e. The Hall–Kier alpha value is -6.24. The summed E-state index contributed by atoms with van der Waals surface area (Å²) in [4.78, 5) is 10.5. The maximum Gasteiger partial charge on any atom is 0.161 e. The van der Waals surface area contributed by atoms with Crippen molar-refractivity contribution in [2.24, 2.45) is 9.98 Å². The second-order valence-electron chi connectivity index (χ2n) is 15.6. The van der Waals surface area contributed by atoms with Crippen molar-refractivity contribution in [3.63, 3.8) is 0 Å². The predicted molar refractivity (Wildman–Crippen MR) is 249 cm³/mol. The van der Waals surface area contributed by atoms with Crippen LogP contribution in [0.15, 0.2) is 196 Å². The Morgan fingerprint density at radius 3 is 2.07 bits per heavy atom. The van der Waals surface area contributed by atoms with Crippen LogP contribution in [0.1, 0.15) is 63.8 Å². The highest BCUT2D eigenvalue weighted by molar-refractivity contribution is 14.2. The molecule has 0 radical (unpaired) electrons. The van der Waals surface area contributed by atoms with Crippen LogP contribution in [0.25, 0.3) is 44.2 Å². The van der Waals surface area contributed by atoms with E-state index >= 15 is 0 Å². The monoisotopic (exact) mass is 856 g/mol. The third-order valence-electron chi connectivity index (χ3n) is 12.6. The average molecular weight is 857 g/mol. The van der Waals surface area contributed by atoms with Gasteiger partial charge in [0.25, 0.3) is 0 Å². The fourth-order valence-electron chi connectivity index (χ4n) is 9.98. The highest BCUT2D eigenvalue weighted by Crippen LogP contribution is 2.65. The normalized spacial score (nSPS) is 17.2. The van der Waals surface area contributed by atoms with Crippen LogP contribution >= 0.6 is 20.7 Å². The van der Waals surface area contributed by atoms with Gasteiger partial charge in [-0.15, -0.1) is 0 Å². The first-order valence-corrected chi connectivity index (χ1v) is 22.4. The minimum absolute atomic E-state index is 0.217. The molecule has 1 aliphatic heterocycles. The minimum atomic E-state index is -0.538. The third kappa shape index (κ3) is 4.88. The summed E-state index contributed by atoms with van der Waals surface area (Å²) in [6.45, 7) is 2.25. The predicted octanol–water partition coefficient (Wildman–Crippen LogP) is 13.5. The van der Waals surface area contributed by atoms with Crippen molar-refractivity contribution >= 4 is 55.9 Å². The number of furan rings is 1. The van der Waals surface area contributed by atoms with Gasteiger partial charge in [-0.3, -0.25) is 0 Å². The molecule has 2 heterocycles. The lowest BCUT2D eigenvalue weighted by Crippen LogP contribution is -2.26. The molecule has 7 aromatic carbocycles. The first-order valence-electron chi connectivity index (χ1n) is 20.2. The van der Waals surface area contributed by atoms with Gasteiger partial charge in [-0.25, -0.2) is 9.98 Å². The molecule has 12 rings (SSSR count). The van der Waals surface area contributed by atoms with Gasteiger partial charge in [0.2, 0.25) is 0 Å². The van der Waals surface area contributed by atoms with Crippen molar-refractivity contribution in [1.82, 2.24) is 0 Å². The van der Waals surface area contributed by atoms with E-state index in [-0.39, 0.29) is 5.92 Å². The van der Waals surface area contributed by atoms with Gasteiger partial charge in [-0.1, -0.05) is 171 Å². The van der Waals surface area contributed by atoms with Gasteiger partial charge in [-0.2, -0.15) is 0 Å². The highest BCUT2D eigenvalue weighted by atomic mass is 127. The molecule has 1 atom stereocenters. The van der Waals surface area contributed by atoms with Gasteiger partial charge in [0.05, 0.1) is 5.41 Å². The minimum Gasteiger partial charge on any atom is -0.456 e. The molecule has 8 aromatic rings. The number of nitrogens with zero attached hydrogens (tertiary/aromatic N) is 2. The van der Waals surface area contributed by atoms with E-state index in [1.54, 1.807) is 0 Å². The Balaban J connectivity index is 1.01. The van der Waals surface area contributed by atoms with Gasteiger partial charge in [0.1, 0.15) is 18.5 Å². The van der Waals surface area contributed by atoms with Gasteiger partial charge < -0.3 is 4.42 Å². The third-order valence-corrected chi connectivity index (χ3v) is 15.3. The second kappa shape index (κ2) is 13.2. The zero-order valence-corrected chi connectivity index (χ0v) is 34.1. The van der Waals surface area contributed by atoms with Crippen molar-refractivity contribution in [2.75, 3.05) is 0 Å². The van der Waals surface area contributed by atoms with Crippen LogP contribution in [-0.4, -0.2) is 13.2 Å². The molecule has 58 heavy (non-hydrogen) atoms. The number of hydrogen-bond acceptors (Lipinski definition) is 3. The Kier molecular flexibility index (Phi) is 7.68. The lowest BCUT2D eigenvalue weighted by Gasteiger charge is -2.31. The summed E-state index contributed by atoms with van der Waals surface area (Å²) in [5, 5.41) is 2.42. The smallest absolute Gasteiger partial charge is 0.161 e. The summed E-state index contributed by atoms with van der Waals surface area (Å²) in [7, 11) is 0. The number of aryl methyl sites for hydroxylation is 1. The Labute approximate surface area is 347 Å². The summed E-state index contributed by atoms with van der Waals surface area (Å²) in [6, 6.07) is 57.8. The lowest BCUT2D eigenvalue weighted by atomic mass is 9.69. The standard InChI is InChI=1S/C54H37IN2O/c1-2-33-31-46-48(49-42-21-11-14-24-47(42)58-50(33)49)41-30-29-38(32-45(41)54(46)43-22-12-9-19-39(43)40-20-10-13-23-44(40)54)34-25-27-37(28-26-34)53-56-51(35-15-5-3-6-16-35)55-52(57-53)36-17-7-4-8-18-36/h3-25,27-32,34H,2,26H2,1H3. The van der Waals surface area contributed by atoms with E-state index in [0.29, 0.717) is 0 Å². The summed E-state index contributed by atoms with van der Waals surface area (Å²) in [5.41, 5.74) is 18.2. The molecule has 1 aromatic heterocycles. The van der Waals surface area contributed by atoms with E-state index in [1.165, 1.54) is 77.5 Å². The molecule has 3 nitrogen and oxygen atoms in total. The van der Waals surface area contributed by atoms with E-state index in [2.05, 4.69) is 183 Å². The molecule has 1 unspecified atom stereocenters. The molecule has 0 saturated carbocycles. The first-order chi connectivity index (χ1) is 28.7. The van der Waals surface area contributed by atoms with E-state index in [4.69, 9.17) is 14.4 Å². The summed E-state index contributed by atoms with van der Waals surface area (Å²) in [5.74, 6) is 1.03. The highest BCUT2D eigenvalue weighted by Gasteiger charge is 2.52. The molecule has 0 bridgehead atoms. The van der Waals surface area contributed by atoms with Crippen molar-refractivity contribution in [1.29, 1.82) is 0 Å². The number of amidine groups is 1. The number of allylic oxidation sites excluding steroid dienone is 2. The molecule has 0 saturated heterocycles. The molecule has 276 valence electrons. The number of para-hydroxylation sites is 1. The van der Waals surface area contributed by atoms with Crippen LogP contribution in [0.5, 0.6) is 0 Å². The number of hydrogen-bond donors (Lipinski definition) is 0. The maximum atomic E-state index is 6.71. The number of rotatable bonds is 5. The zero-order chi connectivity index (χ0) is 38.4. The SMILES string of the molecule is CCc1cc2c(c3c1oc1ccccc13)-c1ccc(C3C=CC(C4=NC(c5ccccc5)=IC(c5ccccc5)=N4)=CC3)cc1C21c2ccccc2-c2ccccc21. The van der Waals surface area contributed by atoms with Crippen molar-refractivity contribution < 1.29 is 4.42 Å². The van der Waals surface area contributed by atoms with E-state index in [1.807, 2.05) is 0 Å². The molecule has 4 heteroatoms. The Morgan fingerprint density at radius 1 is 0.655 bits per heavy atom. The van der Waals surface area contributed by atoms with Crippen molar-refractivity contribution in [3.8, 4) is 22.3 Å². The molecule has 4 aliphatic rings. The zero-order valence-electron chi connectivity index (χ0n) is 31.9. The summed E-state index contributed by atoms with van der Waals surface area (Å²) < 4.78 is 9.03. The number of halogens is 1. The molecule has 0 amide bonds. The quantitative estimate of drug-likeness (QED) is 0.159. The Bertz CT molecular complexity index is 3090. The van der Waals surface area contributed by atoms with Gasteiger partial charge in [-0.05, 0) is 101 Å². The van der Waals surface area contributed by atoms with Gasteiger partial charge in [0.15, 0.2) is 5.84 Å². The number of benzene rings is 7. The average Bonchev–Trinajstić information content (AvgIpc) is 3.93. The molecule has 1 spiro atoms. The van der Waals surface area contributed by atoms with Crippen molar-refractivity contribution in [3.05, 3.63) is 226 Å². The molecular formula is C54H37IN2O. The van der Waals surface area contributed by atoms with Crippen LogP contribution in [0.3, 0.4) is 0 Å². The van der Waals surface area contributed by atoms with Crippen LogP contribution in [0.2, 0.25) is 0 Å². The van der Waals surface area contributed by atoms with Gasteiger partial charge in [0, 0.05) is 33.4 Å². The fraction of sp³-hybridized carbons (Fsp3) is 0.0926. The van der Waals surface area contributed by atoms with E-state index in [0.717, 1.165) is 42.8 Å². The number of aliphatic imine (C=N–C) groups is 2. The van der Waals surface area contributed by atoms with Gasteiger partial charge >= 0.3 is 0 Å². The molecule has 0 N–H and O–H groups in total. The van der Waals surface area contributed by atoms with Crippen LogP contribution in [0.4, 0.5) is 0 Å². The summed E-state index contributed by atoms with van der Waals surface area (Å²) in [6.07, 6.45) is 8.76. The van der Waals surface area contributed by atoms with Crippen LogP contribution in [-0.2, 0) is 11.8 Å². The molecule has 0 fully saturated rings. The summed E-state index contributed by atoms with van der Waals surface area (Å²) >= 11 is -0.538. The lowest BCUT2D eigenvalue weighted by molar-refractivity contribution is 0.663. The molecule has 3 aliphatic carbocycles. The van der Waals surface area contributed by atoms with Crippen LogP contribution < -0.4 is 0 Å². The van der Waals surface area contributed by atoms with E-state index in [9.17, 15) is 0 Å². The number of fused-ring (bicyclic) bond motifs is 14. The van der Waals surface area contributed by atoms with Crippen molar-refractivity contribution in [2.45, 2.75) is 31.1 Å². The maximum absolute atomic E-state index is 6.71. The topological polar surface area (TPSA) is 37.9 Å². The molecular weight excluding hydrogens is 820 g/mol. The van der Waals surface area contributed by atoms with E-state index < -0.39 is 26.1 Å². The fourth-order valence-corrected chi connectivity index (χ4v) is 12.5. The Morgan fingerprint density at radius 2 is 1.34 bits per heavy atom. The van der Waals surface area contributed by atoms with Crippen LogP contribution in [0, 0.1) is 0 Å².